The van der Waals surface area contributed by atoms with Gasteiger partial charge in [0, 0.05) is 17.6 Å². The van der Waals surface area contributed by atoms with Crippen molar-refractivity contribution < 1.29 is 9.53 Å². The topological polar surface area (TPSA) is 42.1 Å². The number of hydrogen-bond donors (Lipinski definition) is 1. The summed E-state index contributed by atoms with van der Waals surface area (Å²) in [6.07, 6.45) is 1.68. The van der Waals surface area contributed by atoms with Gasteiger partial charge in [-0.15, -0.1) is 0 Å². The number of hydrogen-bond acceptors (Lipinski definition) is 2. The molecule has 0 aliphatic carbocycles. The molecule has 13 heavy (non-hydrogen) atoms. The molecule has 0 atom stereocenters. The fourth-order valence-electron chi connectivity index (χ4n) is 1.29. The smallest absolute Gasteiger partial charge is 0.339 e. The van der Waals surface area contributed by atoms with Crippen molar-refractivity contribution in [3.05, 3.63) is 36.0 Å². The monoisotopic (exact) mass is 174 g/mol. The van der Waals surface area contributed by atoms with Gasteiger partial charge in [-0.05, 0) is 6.07 Å². The molecule has 2 rings (SSSR count). The van der Waals surface area contributed by atoms with Crippen LogP contribution in [0, 0.1) is 6.07 Å². The highest BCUT2D eigenvalue weighted by Crippen LogP contribution is 2.16. The van der Waals surface area contributed by atoms with Crippen LogP contribution in [0.15, 0.2) is 24.4 Å². The number of aromatic amines is 1. The normalized spacial score (nSPS) is 10.2. The summed E-state index contributed by atoms with van der Waals surface area (Å²) < 4.78 is 4.64. The van der Waals surface area contributed by atoms with Gasteiger partial charge >= 0.3 is 5.97 Å². The average Bonchev–Trinajstić information content (AvgIpc) is 2.63. The first kappa shape index (κ1) is 7.86. The number of ether oxygens (including phenoxy) is 1. The van der Waals surface area contributed by atoms with Gasteiger partial charge in [-0.2, -0.15) is 0 Å². The van der Waals surface area contributed by atoms with Crippen LogP contribution in [-0.4, -0.2) is 18.1 Å². The van der Waals surface area contributed by atoms with Gasteiger partial charge in [-0.3, -0.25) is 0 Å². The summed E-state index contributed by atoms with van der Waals surface area (Å²) in [6.45, 7) is 0. The van der Waals surface area contributed by atoms with E-state index in [1.54, 1.807) is 18.3 Å². The van der Waals surface area contributed by atoms with Gasteiger partial charge < -0.3 is 9.72 Å². The Morgan fingerprint density at radius 2 is 2.38 bits per heavy atom. The molecule has 1 aromatic carbocycles. The van der Waals surface area contributed by atoms with Gasteiger partial charge in [0.15, 0.2) is 0 Å². The lowest BCUT2D eigenvalue weighted by Gasteiger charge is -1.99. The molecule has 0 unspecified atom stereocenters. The minimum absolute atomic E-state index is 0.332. The highest BCUT2D eigenvalue weighted by molar-refractivity contribution is 6.02. The van der Waals surface area contributed by atoms with Crippen molar-refractivity contribution in [3.63, 3.8) is 0 Å². The van der Waals surface area contributed by atoms with Crippen LogP contribution in [0.4, 0.5) is 0 Å². The molecule has 0 saturated heterocycles. The van der Waals surface area contributed by atoms with E-state index < -0.39 is 0 Å². The lowest BCUT2D eigenvalue weighted by atomic mass is 10.1. The maximum Gasteiger partial charge on any atom is 0.339 e. The first-order valence-corrected chi connectivity index (χ1v) is 3.89. The molecular formula is C10H8NO2. The van der Waals surface area contributed by atoms with Gasteiger partial charge in [-0.1, -0.05) is 12.1 Å². The van der Waals surface area contributed by atoms with Crippen LogP contribution < -0.4 is 0 Å². The second kappa shape index (κ2) is 2.94. The predicted molar refractivity (Wildman–Crippen MR) is 48.5 cm³/mol. The van der Waals surface area contributed by atoms with Crippen LogP contribution >= 0.6 is 0 Å². The number of para-hydroxylation sites is 1. The number of rotatable bonds is 1. The van der Waals surface area contributed by atoms with Crippen molar-refractivity contribution >= 4 is 16.9 Å². The van der Waals surface area contributed by atoms with E-state index in [1.165, 1.54) is 7.11 Å². The Kier molecular flexibility index (Phi) is 1.77. The fraction of sp³-hybridized carbons (Fsp3) is 0.100. The number of carbonyl (C=O) groups is 1. The number of esters is 1. The maximum absolute atomic E-state index is 11.3. The summed E-state index contributed by atoms with van der Waals surface area (Å²) in [5, 5.41) is 0.892. The Morgan fingerprint density at radius 3 is 3.15 bits per heavy atom. The number of aromatic nitrogens is 1. The minimum atomic E-state index is -0.332. The molecule has 1 aromatic heterocycles. The molecule has 0 bridgehead atoms. The third-order valence-corrected chi connectivity index (χ3v) is 1.91. The van der Waals surface area contributed by atoms with Crippen molar-refractivity contribution in [1.82, 2.24) is 4.98 Å². The van der Waals surface area contributed by atoms with Crippen molar-refractivity contribution in [2.24, 2.45) is 0 Å². The van der Waals surface area contributed by atoms with Gasteiger partial charge in [-0.25, -0.2) is 4.79 Å². The van der Waals surface area contributed by atoms with E-state index in [2.05, 4.69) is 15.8 Å². The second-order valence-corrected chi connectivity index (χ2v) is 2.65. The second-order valence-electron chi connectivity index (χ2n) is 2.65. The zero-order valence-corrected chi connectivity index (χ0v) is 7.13. The van der Waals surface area contributed by atoms with E-state index in [-0.39, 0.29) is 5.97 Å². The molecule has 3 heteroatoms. The Hall–Kier alpha value is -1.77. The number of benzene rings is 1. The summed E-state index contributed by atoms with van der Waals surface area (Å²) >= 11 is 0. The Balaban J connectivity index is 2.67. The summed E-state index contributed by atoms with van der Waals surface area (Å²) in [5.41, 5.74) is 1.32. The Morgan fingerprint density at radius 1 is 1.54 bits per heavy atom. The average molecular weight is 174 g/mol. The molecular weight excluding hydrogens is 166 g/mol. The predicted octanol–water partition coefficient (Wildman–Crippen LogP) is 1.75. The third-order valence-electron chi connectivity index (χ3n) is 1.91. The van der Waals surface area contributed by atoms with Gasteiger partial charge in [0.2, 0.25) is 0 Å². The SMILES string of the molecule is COC(=O)c1cccc2[c]c[nH]c12. The number of nitrogens with one attached hydrogen (secondary N) is 1. The zero-order valence-electron chi connectivity index (χ0n) is 7.13. The molecule has 0 spiro atoms. The highest BCUT2D eigenvalue weighted by Gasteiger charge is 2.09. The molecule has 3 nitrogen and oxygen atoms in total. The van der Waals surface area contributed by atoms with Gasteiger partial charge in [0.25, 0.3) is 0 Å². The van der Waals surface area contributed by atoms with Crippen molar-refractivity contribution in [2.75, 3.05) is 7.11 Å². The molecule has 65 valence electrons. The van der Waals surface area contributed by atoms with Crippen molar-refractivity contribution in [2.45, 2.75) is 0 Å². The number of methoxy groups -OCH3 is 1. The lowest BCUT2D eigenvalue weighted by molar-refractivity contribution is 0.0603. The largest absolute Gasteiger partial charge is 0.465 e. The van der Waals surface area contributed by atoms with Crippen LogP contribution in [0.3, 0.4) is 0 Å². The first-order chi connectivity index (χ1) is 6.33. The van der Waals surface area contributed by atoms with E-state index in [0.29, 0.717) is 5.56 Å². The van der Waals surface area contributed by atoms with Gasteiger partial charge in [0.1, 0.15) is 0 Å². The van der Waals surface area contributed by atoms with Crippen LogP contribution in [0.5, 0.6) is 0 Å². The molecule has 0 fully saturated rings. The zero-order chi connectivity index (χ0) is 9.26. The molecule has 1 radical (unpaired) electrons. The van der Waals surface area contributed by atoms with E-state index >= 15 is 0 Å². The standard InChI is InChI=1S/C10H8NO2/c1-13-10(12)8-4-2-3-7-5-6-11-9(7)8/h2-4,6,11H,1H3. The molecule has 0 amide bonds. The van der Waals surface area contributed by atoms with Gasteiger partial charge in [0.05, 0.1) is 18.2 Å². The summed E-state index contributed by atoms with van der Waals surface area (Å²) in [7, 11) is 1.37. The summed E-state index contributed by atoms with van der Waals surface area (Å²) in [6, 6.07) is 8.39. The fourth-order valence-corrected chi connectivity index (χ4v) is 1.29. The molecule has 0 aliphatic heterocycles. The van der Waals surface area contributed by atoms with Crippen LogP contribution in [0.25, 0.3) is 10.9 Å². The highest BCUT2D eigenvalue weighted by atomic mass is 16.5. The third kappa shape index (κ3) is 1.18. The molecule has 1 N–H and O–H groups in total. The first-order valence-electron chi connectivity index (χ1n) is 3.89. The van der Waals surface area contributed by atoms with Crippen LogP contribution in [0.1, 0.15) is 10.4 Å². The maximum atomic E-state index is 11.3. The molecule has 0 aliphatic rings. The Labute approximate surface area is 75.3 Å². The lowest BCUT2D eigenvalue weighted by Crippen LogP contribution is -2.01. The number of fused-ring (bicyclic) bond motifs is 1. The quantitative estimate of drug-likeness (QED) is 0.669. The molecule has 2 aromatic rings. The number of H-pyrrole nitrogens is 1. The van der Waals surface area contributed by atoms with Crippen molar-refractivity contribution in [3.8, 4) is 0 Å². The van der Waals surface area contributed by atoms with Crippen LogP contribution in [-0.2, 0) is 4.74 Å². The molecule has 0 saturated carbocycles. The van der Waals surface area contributed by atoms with E-state index in [0.717, 1.165) is 10.9 Å². The minimum Gasteiger partial charge on any atom is -0.465 e. The summed E-state index contributed by atoms with van der Waals surface area (Å²) in [5.74, 6) is -0.332. The number of carbonyl (C=O) groups excluding carboxylic acids is 1. The van der Waals surface area contributed by atoms with Crippen molar-refractivity contribution in [1.29, 1.82) is 0 Å². The van der Waals surface area contributed by atoms with Crippen LogP contribution in [0.2, 0.25) is 0 Å². The van der Waals surface area contributed by atoms with E-state index in [4.69, 9.17) is 0 Å². The molecule has 1 heterocycles. The summed E-state index contributed by atoms with van der Waals surface area (Å²) in [4.78, 5) is 14.2. The van der Waals surface area contributed by atoms with E-state index in [1.807, 2.05) is 6.07 Å². The van der Waals surface area contributed by atoms with E-state index in [9.17, 15) is 4.79 Å². The Bertz CT molecular complexity index is 445.